The smallest absolute Gasteiger partial charge is 0.343 e. The maximum atomic E-state index is 12.5. The number of benzene rings is 2. The lowest BCUT2D eigenvalue weighted by molar-refractivity contribution is -0.142. The molecule has 150 valence electrons. The van der Waals surface area contributed by atoms with E-state index in [1.54, 1.807) is 37.3 Å². The molecule has 0 atom stereocenters. The first kappa shape index (κ1) is 22.0. The van der Waals surface area contributed by atoms with Gasteiger partial charge < -0.3 is 14.8 Å². The number of amides is 1. The summed E-state index contributed by atoms with van der Waals surface area (Å²) in [5.41, 5.74) is 3.42. The largest absolute Gasteiger partial charge is 0.481 e. The van der Waals surface area contributed by atoms with Crippen molar-refractivity contribution in [1.29, 1.82) is 5.26 Å². The fourth-order valence-corrected chi connectivity index (χ4v) is 2.91. The summed E-state index contributed by atoms with van der Waals surface area (Å²) < 4.78 is 10.1. The number of nitriles is 1. The SMILES string of the molecule is COC(=O)COc1c(C)cc(/C=C(/C#N)C(=O)Nc2cccc(Cl)c2C)cc1C. The predicted molar refractivity (Wildman–Crippen MR) is 112 cm³/mol. The lowest BCUT2D eigenvalue weighted by Crippen LogP contribution is -2.14. The van der Waals surface area contributed by atoms with Crippen LogP contribution in [-0.4, -0.2) is 25.6 Å². The molecule has 0 aliphatic heterocycles. The van der Waals surface area contributed by atoms with E-state index in [0.717, 1.165) is 16.7 Å². The average Bonchev–Trinajstić information content (AvgIpc) is 2.68. The molecule has 0 aliphatic rings. The molecule has 0 heterocycles. The number of nitrogens with one attached hydrogen (secondary N) is 1. The van der Waals surface area contributed by atoms with Crippen molar-refractivity contribution in [2.24, 2.45) is 0 Å². The summed E-state index contributed by atoms with van der Waals surface area (Å²) in [5.74, 6) is -0.447. The number of nitrogens with zero attached hydrogens (tertiary/aromatic N) is 1. The fourth-order valence-electron chi connectivity index (χ4n) is 2.73. The molecule has 29 heavy (non-hydrogen) atoms. The molecule has 2 aromatic carbocycles. The number of anilines is 1. The molecule has 7 heteroatoms. The summed E-state index contributed by atoms with van der Waals surface area (Å²) in [6, 6.07) is 10.6. The molecule has 0 aromatic heterocycles. The summed E-state index contributed by atoms with van der Waals surface area (Å²) in [5, 5.41) is 12.7. The van der Waals surface area contributed by atoms with Crippen molar-refractivity contribution in [3.63, 3.8) is 0 Å². The molecule has 0 unspecified atom stereocenters. The molecule has 0 radical (unpaired) electrons. The van der Waals surface area contributed by atoms with Gasteiger partial charge in [-0.3, -0.25) is 4.79 Å². The molecule has 0 fully saturated rings. The van der Waals surface area contributed by atoms with Gasteiger partial charge in [0.2, 0.25) is 0 Å². The van der Waals surface area contributed by atoms with E-state index in [9.17, 15) is 14.9 Å². The number of hydrogen-bond acceptors (Lipinski definition) is 5. The topological polar surface area (TPSA) is 88.4 Å². The van der Waals surface area contributed by atoms with Crippen LogP contribution < -0.4 is 10.1 Å². The molecule has 6 nitrogen and oxygen atoms in total. The zero-order valence-corrected chi connectivity index (χ0v) is 17.4. The third-order valence-corrected chi connectivity index (χ3v) is 4.65. The van der Waals surface area contributed by atoms with Gasteiger partial charge in [-0.1, -0.05) is 17.7 Å². The number of carbonyl (C=O) groups excluding carboxylic acids is 2. The van der Waals surface area contributed by atoms with Gasteiger partial charge in [-0.15, -0.1) is 0 Å². The number of halogens is 1. The second kappa shape index (κ2) is 9.76. The third kappa shape index (κ3) is 5.59. The molecule has 1 amide bonds. The Balaban J connectivity index is 2.26. The highest BCUT2D eigenvalue weighted by atomic mass is 35.5. The normalized spacial score (nSPS) is 10.8. The van der Waals surface area contributed by atoms with Crippen molar-refractivity contribution in [3.05, 3.63) is 63.2 Å². The first-order valence-electron chi connectivity index (χ1n) is 8.76. The van der Waals surface area contributed by atoms with Gasteiger partial charge in [0.05, 0.1) is 7.11 Å². The number of hydrogen-bond donors (Lipinski definition) is 1. The molecule has 0 aliphatic carbocycles. The Morgan fingerprint density at radius 2 is 1.86 bits per heavy atom. The highest BCUT2D eigenvalue weighted by molar-refractivity contribution is 6.31. The Hall–Kier alpha value is -3.30. The van der Waals surface area contributed by atoms with Crippen LogP contribution in [0.2, 0.25) is 5.02 Å². The number of esters is 1. The van der Waals surface area contributed by atoms with E-state index >= 15 is 0 Å². The van der Waals surface area contributed by atoms with E-state index in [-0.39, 0.29) is 12.2 Å². The minimum absolute atomic E-state index is 0.0496. The van der Waals surface area contributed by atoms with Crippen LogP contribution in [0.3, 0.4) is 0 Å². The van der Waals surface area contributed by atoms with Crippen LogP contribution in [0.5, 0.6) is 5.75 Å². The molecule has 0 spiro atoms. The lowest BCUT2D eigenvalue weighted by atomic mass is 10.0. The van der Waals surface area contributed by atoms with Crippen LogP contribution in [0, 0.1) is 32.1 Å². The van der Waals surface area contributed by atoms with Crippen molar-refractivity contribution in [1.82, 2.24) is 0 Å². The van der Waals surface area contributed by atoms with Crippen LogP contribution >= 0.6 is 11.6 Å². The van der Waals surface area contributed by atoms with Crippen molar-refractivity contribution in [3.8, 4) is 11.8 Å². The van der Waals surface area contributed by atoms with E-state index < -0.39 is 11.9 Å². The van der Waals surface area contributed by atoms with Crippen LogP contribution in [0.25, 0.3) is 6.08 Å². The monoisotopic (exact) mass is 412 g/mol. The molecular weight excluding hydrogens is 392 g/mol. The maximum Gasteiger partial charge on any atom is 0.343 e. The summed E-state index contributed by atoms with van der Waals surface area (Å²) in [4.78, 5) is 23.8. The van der Waals surface area contributed by atoms with Crippen LogP contribution in [0.1, 0.15) is 22.3 Å². The quantitative estimate of drug-likeness (QED) is 0.432. The molecular formula is C22H21ClN2O4. The third-order valence-electron chi connectivity index (χ3n) is 4.24. The summed E-state index contributed by atoms with van der Waals surface area (Å²) >= 11 is 6.07. The number of rotatable bonds is 6. The van der Waals surface area contributed by atoms with E-state index in [1.165, 1.54) is 13.2 Å². The first-order chi connectivity index (χ1) is 13.8. The van der Waals surface area contributed by atoms with Gasteiger partial charge in [0.25, 0.3) is 5.91 Å². The average molecular weight is 413 g/mol. The van der Waals surface area contributed by atoms with Crippen LogP contribution in [0.15, 0.2) is 35.9 Å². The Bertz CT molecular complexity index is 999. The second-order valence-electron chi connectivity index (χ2n) is 6.38. The van der Waals surface area contributed by atoms with E-state index in [0.29, 0.717) is 22.0 Å². The molecule has 0 saturated heterocycles. The fraction of sp³-hybridized carbons (Fsp3) is 0.227. The van der Waals surface area contributed by atoms with Gasteiger partial charge in [-0.2, -0.15) is 5.26 Å². The number of methoxy groups -OCH3 is 1. The highest BCUT2D eigenvalue weighted by Gasteiger charge is 2.14. The van der Waals surface area contributed by atoms with Gasteiger partial charge in [0.15, 0.2) is 6.61 Å². The van der Waals surface area contributed by atoms with E-state index in [1.807, 2.05) is 19.9 Å². The highest BCUT2D eigenvalue weighted by Crippen LogP contribution is 2.27. The Kier molecular flexibility index (Phi) is 7.40. The van der Waals surface area contributed by atoms with E-state index in [2.05, 4.69) is 10.1 Å². The number of ether oxygens (including phenoxy) is 2. The zero-order chi connectivity index (χ0) is 21.6. The van der Waals surface area contributed by atoms with Crippen molar-refractivity contribution < 1.29 is 19.1 Å². The van der Waals surface area contributed by atoms with Crippen molar-refractivity contribution in [2.75, 3.05) is 19.0 Å². The Labute approximate surface area is 174 Å². The second-order valence-corrected chi connectivity index (χ2v) is 6.79. The minimum Gasteiger partial charge on any atom is -0.481 e. The Morgan fingerprint density at radius 1 is 1.21 bits per heavy atom. The lowest BCUT2D eigenvalue weighted by Gasteiger charge is -2.13. The summed E-state index contributed by atoms with van der Waals surface area (Å²) in [6.45, 7) is 5.22. The zero-order valence-electron chi connectivity index (χ0n) is 16.6. The molecule has 2 rings (SSSR count). The molecule has 0 bridgehead atoms. The number of carbonyl (C=O) groups is 2. The van der Waals surface area contributed by atoms with E-state index in [4.69, 9.17) is 16.3 Å². The standard InChI is InChI=1S/C22H21ClN2O4/c1-13-8-16(9-14(2)21(13)29-12-20(26)28-4)10-17(11-24)22(27)25-19-7-5-6-18(23)15(19)3/h5-10H,12H2,1-4H3,(H,25,27)/b17-10-. The molecule has 1 N–H and O–H groups in total. The van der Waals surface area contributed by atoms with Crippen molar-refractivity contribution in [2.45, 2.75) is 20.8 Å². The minimum atomic E-state index is -0.529. The summed E-state index contributed by atoms with van der Waals surface area (Å²) in [7, 11) is 1.29. The first-order valence-corrected chi connectivity index (χ1v) is 9.13. The number of aryl methyl sites for hydroxylation is 2. The van der Waals surface area contributed by atoms with Crippen LogP contribution in [0.4, 0.5) is 5.69 Å². The van der Waals surface area contributed by atoms with Crippen molar-refractivity contribution >= 4 is 35.2 Å². The summed E-state index contributed by atoms with van der Waals surface area (Å²) in [6.07, 6.45) is 1.50. The van der Waals surface area contributed by atoms with Gasteiger partial charge in [0.1, 0.15) is 17.4 Å². The predicted octanol–water partition coefficient (Wildman–Crippen LogP) is 4.36. The van der Waals surface area contributed by atoms with Gasteiger partial charge in [-0.25, -0.2) is 4.79 Å². The Morgan fingerprint density at radius 3 is 2.45 bits per heavy atom. The van der Waals surface area contributed by atoms with Gasteiger partial charge in [-0.05, 0) is 73.4 Å². The van der Waals surface area contributed by atoms with Gasteiger partial charge >= 0.3 is 5.97 Å². The van der Waals surface area contributed by atoms with Gasteiger partial charge in [0, 0.05) is 10.7 Å². The molecule has 2 aromatic rings. The molecule has 0 saturated carbocycles. The van der Waals surface area contributed by atoms with Crippen LogP contribution in [-0.2, 0) is 14.3 Å². The maximum absolute atomic E-state index is 12.5.